The summed E-state index contributed by atoms with van der Waals surface area (Å²) in [4.78, 5) is 13.8. The molecule has 0 amide bonds. The van der Waals surface area contributed by atoms with Crippen molar-refractivity contribution in [3.05, 3.63) is 46.6 Å². The molecule has 2 saturated heterocycles. The first-order chi connectivity index (χ1) is 12.8. The number of rotatable bonds is 5. The van der Waals surface area contributed by atoms with Gasteiger partial charge in [-0.25, -0.2) is 4.98 Å². The van der Waals surface area contributed by atoms with Gasteiger partial charge in [0.2, 0.25) is 5.95 Å². The van der Waals surface area contributed by atoms with Crippen LogP contribution in [0.4, 0.5) is 11.8 Å². The van der Waals surface area contributed by atoms with E-state index in [1.165, 1.54) is 10.0 Å². The van der Waals surface area contributed by atoms with E-state index in [0.29, 0.717) is 6.04 Å². The molecular weight excluding hydrogens is 394 g/mol. The van der Waals surface area contributed by atoms with Crippen molar-refractivity contribution in [3.63, 3.8) is 0 Å². The first-order valence-electron chi connectivity index (χ1n) is 9.16. The van der Waals surface area contributed by atoms with Gasteiger partial charge >= 0.3 is 0 Å². The third-order valence-electron chi connectivity index (χ3n) is 4.93. The molecule has 1 unspecified atom stereocenters. The topological polar surface area (TPSA) is 53.5 Å². The van der Waals surface area contributed by atoms with E-state index < -0.39 is 0 Å². The molecule has 0 spiro atoms. The first-order valence-corrected chi connectivity index (χ1v) is 9.95. The van der Waals surface area contributed by atoms with Crippen molar-refractivity contribution >= 4 is 27.7 Å². The zero-order valence-corrected chi connectivity index (χ0v) is 16.4. The van der Waals surface area contributed by atoms with Gasteiger partial charge in [0, 0.05) is 49.4 Å². The lowest BCUT2D eigenvalue weighted by Gasteiger charge is -2.28. The van der Waals surface area contributed by atoms with Crippen molar-refractivity contribution in [2.75, 3.05) is 49.6 Å². The number of nitrogens with one attached hydrogen (secondary N) is 1. The molecule has 0 radical (unpaired) electrons. The summed E-state index contributed by atoms with van der Waals surface area (Å²) >= 11 is 3.64. The minimum absolute atomic E-state index is 0.387. The van der Waals surface area contributed by atoms with Gasteiger partial charge in [-0.2, -0.15) is 4.98 Å². The summed E-state index contributed by atoms with van der Waals surface area (Å²) in [5, 5.41) is 3.52. The Morgan fingerprint density at radius 3 is 2.85 bits per heavy atom. The largest absolute Gasteiger partial charge is 0.378 e. The smallest absolute Gasteiger partial charge is 0.224 e. The molecule has 2 fully saturated rings. The predicted molar refractivity (Wildman–Crippen MR) is 107 cm³/mol. The molecule has 0 saturated carbocycles. The highest BCUT2D eigenvalue weighted by molar-refractivity contribution is 9.10. The van der Waals surface area contributed by atoms with Crippen molar-refractivity contribution in [3.8, 4) is 0 Å². The minimum atomic E-state index is 0.387. The summed E-state index contributed by atoms with van der Waals surface area (Å²) < 4.78 is 6.60. The van der Waals surface area contributed by atoms with E-state index in [1.54, 1.807) is 0 Å². The maximum absolute atomic E-state index is 5.42. The van der Waals surface area contributed by atoms with E-state index in [4.69, 9.17) is 9.72 Å². The quantitative estimate of drug-likeness (QED) is 0.806. The van der Waals surface area contributed by atoms with Gasteiger partial charge in [-0.15, -0.1) is 0 Å². The van der Waals surface area contributed by atoms with Crippen LogP contribution in [0, 0.1) is 0 Å². The SMILES string of the molecule is Brc1ccccc1CN1CCC(Nc2nccc(N3CCOCC3)n2)C1. The van der Waals surface area contributed by atoms with Crippen LogP contribution in [0.2, 0.25) is 0 Å². The Labute approximate surface area is 162 Å². The molecule has 138 valence electrons. The van der Waals surface area contributed by atoms with Crippen molar-refractivity contribution < 1.29 is 4.74 Å². The van der Waals surface area contributed by atoms with Gasteiger partial charge < -0.3 is 15.0 Å². The van der Waals surface area contributed by atoms with Gasteiger partial charge in [-0.05, 0) is 24.1 Å². The van der Waals surface area contributed by atoms with E-state index >= 15 is 0 Å². The summed E-state index contributed by atoms with van der Waals surface area (Å²) in [5.41, 5.74) is 1.33. The molecule has 4 rings (SSSR count). The number of morpholine rings is 1. The van der Waals surface area contributed by atoms with Gasteiger partial charge in [-0.1, -0.05) is 34.1 Å². The third-order valence-corrected chi connectivity index (χ3v) is 5.71. The van der Waals surface area contributed by atoms with Gasteiger partial charge in [-0.3, -0.25) is 4.90 Å². The molecule has 1 N–H and O–H groups in total. The number of nitrogens with zero attached hydrogens (tertiary/aromatic N) is 4. The second-order valence-corrected chi connectivity index (χ2v) is 7.65. The lowest BCUT2D eigenvalue weighted by atomic mass is 10.2. The number of ether oxygens (including phenoxy) is 1. The van der Waals surface area contributed by atoms with Crippen LogP contribution in [0.15, 0.2) is 41.0 Å². The maximum atomic E-state index is 5.42. The Morgan fingerprint density at radius 2 is 2.00 bits per heavy atom. The van der Waals surface area contributed by atoms with Crippen molar-refractivity contribution in [2.24, 2.45) is 0 Å². The number of hydrogen-bond donors (Lipinski definition) is 1. The molecule has 1 atom stereocenters. The van der Waals surface area contributed by atoms with Crippen LogP contribution in [-0.2, 0) is 11.3 Å². The fourth-order valence-corrected chi connectivity index (χ4v) is 3.94. The second kappa shape index (κ2) is 8.33. The monoisotopic (exact) mass is 417 g/mol. The van der Waals surface area contributed by atoms with Crippen molar-refractivity contribution in [1.82, 2.24) is 14.9 Å². The number of likely N-dealkylation sites (tertiary alicyclic amines) is 1. The molecule has 6 nitrogen and oxygen atoms in total. The minimum Gasteiger partial charge on any atom is -0.378 e. The molecule has 2 aromatic rings. The predicted octanol–water partition coefficient (Wildman–Crippen LogP) is 2.76. The van der Waals surface area contributed by atoms with E-state index in [1.807, 2.05) is 12.3 Å². The van der Waals surface area contributed by atoms with E-state index in [-0.39, 0.29) is 0 Å². The van der Waals surface area contributed by atoms with Crippen LogP contribution in [-0.4, -0.2) is 60.3 Å². The molecule has 2 aliphatic heterocycles. The Balaban J connectivity index is 1.34. The van der Waals surface area contributed by atoms with E-state index in [2.05, 4.69) is 60.3 Å². The zero-order valence-electron chi connectivity index (χ0n) is 14.8. The average Bonchev–Trinajstić information content (AvgIpc) is 3.11. The lowest BCUT2D eigenvalue weighted by Crippen LogP contribution is -2.37. The third kappa shape index (κ3) is 4.34. The average molecular weight is 418 g/mol. The second-order valence-electron chi connectivity index (χ2n) is 6.79. The summed E-state index contributed by atoms with van der Waals surface area (Å²) in [6.07, 6.45) is 2.95. The van der Waals surface area contributed by atoms with Crippen LogP contribution in [0.5, 0.6) is 0 Å². The molecule has 1 aromatic heterocycles. The van der Waals surface area contributed by atoms with Crippen LogP contribution in [0.25, 0.3) is 0 Å². The molecule has 26 heavy (non-hydrogen) atoms. The Bertz CT molecular complexity index is 737. The van der Waals surface area contributed by atoms with Gasteiger partial charge in [0.1, 0.15) is 5.82 Å². The van der Waals surface area contributed by atoms with Gasteiger partial charge in [0.25, 0.3) is 0 Å². The first kappa shape index (κ1) is 17.7. The summed E-state index contributed by atoms with van der Waals surface area (Å²) in [7, 11) is 0. The van der Waals surface area contributed by atoms with E-state index in [0.717, 1.165) is 64.1 Å². The number of hydrogen-bond acceptors (Lipinski definition) is 6. The highest BCUT2D eigenvalue weighted by Crippen LogP contribution is 2.22. The van der Waals surface area contributed by atoms with Crippen LogP contribution < -0.4 is 10.2 Å². The Hall–Kier alpha value is -1.70. The normalized spacial score (nSPS) is 21.1. The molecule has 1 aromatic carbocycles. The molecule has 3 heterocycles. The van der Waals surface area contributed by atoms with Crippen LogP contribution >= 0.6 is 15.9 Å². The lowest BCUT2D eigenvalue weighted by molar-refractivity contribution is 0.122. The van der Waals surface area contributed by atoms with E-state index in [9.17, 15) is 0 Å². The zero-order chi connectivity index (χ0) is 17.8. The molecule has 0 bridgehead atoms. The van der Waals surface area contributed by atoms with Crippen molar-refractivity contribution in [2.45, 2.75) is 19.0 Å². The summed E-state index contributed by atoms with van der Waals surface area (Å²) in [6, 6.07) is 10.8. The maximum Gasteiger partial charge on any atom is 0.224 e. The highest BCUT2D eigenvalue weighted by atomic mass is 79.9. The van der Waals surface area contributed by atoms with Gasteiger partial charge in [0.05, 0.1) is 13.2 Å². The highest BCUT2D eigenvalue weighted by Gasteiger charge is 2.23. The van der Waals surface area contributed by atoms with Gasteiger partial charge in [0.15, 0.2) is 0 Å². The van der Waals surface area contributed by atoms with Crippen LogP contribution in [0.3, 0.4) is 0 Å². The number of benzene rings is 1. The summed E-state index contributed by atoms with van der Waals surface area (Å²) in [5.74, 6) is 1.70. The molecular formula is C19H24BrN5O. The van der Waals surface area contributed by atoms with Crippen molar-refractivity contribution in [1.29, 1.82) is 0 Å². The Kier molecular flexibility index (Phi) is 5.67. The van der Waals surface area contributed by atoms with Crippen LogP contribution in [0.1, 0.15) is 12.0 Å². The number of aromatic nitrogens is 2. The molecule has 0 aliphatic carbocycles. The Morgan fingerprint density at radius 1 is 1.15 bits per heavy atom. The molecule has 2 aliphatic rings. The fraction of sp³-hybridized carbons (Fsp3) is 0.474. The molecule has 7 heteroatoms. The standard InChI is InChI=1S/C19H24BrN5O/c20-17-4-2-1-3-15(17)13-24-8-6-16(14-24)22-19-21-7-5-18(23-19)25-9-11-26-12-10-25/h1-5,7,16H,6,8-14H2,(H,21,22,23). The summed E-state index contributed by atoms with van der Waals surface area (Å²) in [6.45, 7) is 6.36. The fourth-order valence-electron chi connectivity index (χ4n) is 3.53. The number of halogens is 1. The number of anilines is 2.